The Morgan fingerprint density at radius 2 is 2.00 bits per heavy atom. The van der Waals surface area contributed by atoms with E-state index in [1.165, 1.54) is 0 Å². The van der Waals surface area contributed by atoms with Gasteiger partial charge in [-0.05, 0) is 12.3 Å². The van der Waals surface area contributed by atoms with Crippen LogP contribution < -0.4 is 5.32 Å². The van der Waals surface area contributed by atoms with Crippen LogP contribution in [0.3, 0.4) is 0 Å². The van der Waals surface area contributed by atoms with E-state index in [9.17, 15) is 10.0 Å². The highest BCUT2D eigenvalue weighted by molar-refractivity contribution is 8.11. The zero-order chi connectivity index (χ0) is 19.8. The van der Waals surface area contributed by atoms with Crippen LogP contribution in [0.1, 0.15) is 26.7 Å². The molecule has 1 saturated heterocycles. The molecule has 148 valence electrons. The highest BCUT2D eigenvalue weighted by atomic mass is 32.2. The molecular formula is C18H26N4O3S2. The third kappa shape index (κ3) is 4.97. The summed E-state index contributed by atoms with van der Waals surface area (Å²) in [6.45, 7) is 8.35. The third-order valence-electron chi connectivity index (χ3n) is 4.44. The van der Waals surface area contributed by atoms with Gasteiger partial charge in [-0.3, -0.25) is 4.79 Å². The van der Waals surface area contributed by atoms with Crippen molar-refractivity contribution in [2.45, 2.75) is 31.1 Å². The van der Waals surface area contributed by atoms with Gasteiger partial charge in [-0.1, -0.05) is 20.8 Å². The molecule has 2 heterocycles. The lowest BCUT2D eigenvalue weighted by molar-refractivity contribution is -0.864. The zero-order valence-electron chi connectivity index (χ0n) is 16.4. The molecular weight excluding hydrogens is 384 g/mol. The molecule has 1 amide bonds. The zero-order valence-corrected chi connectivity index (χ0v) is 18.0. The second kappa shape index (κ2) is 7.63. The number of likely N-dealkylation sites (N-methyl/N-ethyl adjacent to an activating group) is 1. The van der Waals surface area contributed by atoms with E-state index in [-0.39, 0.29) is 15.3 Å². The Hall–Kier alpha value is -1.26. The minimum Gasteiger partial charge on any atom is -0.633 e. The molecule has 1 aliphatic rings. The minimum atomic E-state index is -0.242. The maximum atomic E-state index is 12.5. The van der Waals surface area contributed by atoms with E-state index in [1.54, 1.807) is 18.8 Å². The predicted octanol–water partition coefficient (Wildman–Crippen LogP) is 4.29. The van der Waals surface area contributed by atoms with Gasteiger partial charge in [0.05, 0.1) is 38.9 Å². The maximum Gasteiger partial charge on any atom is 0.298 e. The summed E-state index contributed by atoms with van der Waals surface area (Å²) in [5, 5.41) is 14.7. The van der Waals surface area contributed by atoms with Crippen molar-refractivity contribution in [3.8, 4) is 0 Å². The van der Waals surface area contributed by atoms with Gasteiger partial charge in [-0.25, -0.2) is 9.29 Å². The van der Waals surface area contributed by atoms with E-state index in [0.717, 1.165) is 22.4 Å². The van der Waals surface area contributed by atoms with E-state index < -0.39 is 0 Å². The Balaban J connectivity index is 1.74. The average molecular weight is 411 g/mol. The molecule has 1 fully saturated rings. The number of nitrogens with one attached hydrogen (secondary N) is 1. The molecule has 0 unspecified atom stereocenters. The van der Waals surface area contributed by atoms with Crippen molar-refractivity contribution in [1.29, 1.82) is 0 Å². The normalized spacial score (nSPS) is 18.0. The van der Waals surface area contributed by atoms with Crippen LogP contribution >= 0.6 is 23.7 Å². The number of hydrogen-bond acceptors (Lipinski definition) is 7. The maximum absolute atomic E-state index is 12.5. The Kier molecular flexibility index (Phi) is 5.79. The number of oxazole rings is 1. The number of thioether (sulfide) groups is 1. The first-order chi connectivity index (χ1) is 12.6. The van der Waals surface area contributed by atoms with Crippen molar-refractivity contribution in [3.63, 3.8) is 0 Å². The number of piperazine rings is 1. The van der Waals surface area contributed by atoms with Crippen LogP contribution in [-0.4, -0.2) is 58.7 Å². The fourth-order valence-electron chi connectivity index (χ4n) is 2.75. The van der Waals surface area contributed by atoms with Gasteiger partial charge in [0.2, 0.25) is 5.89 Å². The van der Waals surface area contributed by atoms with Gasteiger partial charge in [0.1, 0.15) is 5.52 Å². The Morgan fingerprint density at radius 1 is 1.33 bits per heavy atom. The standard InChI is InChI=1S/C18H26N4O3S2/c1-18(2,3)16-19-12-11-15(26-5)13(10-14(12)25-16)20-17(23)27-21-6-8-22(4,24)9-7-21/h10-11H,6-9H2,1-5H3,(H,20,23). The Labute approximate surface area is 168 Å². The molecule has 0 aliphatic carbocycles. The molecule has 1 aromatic carbocycles. The van der Waals surface area contributed by atoms with Gasteiger partial charge >= 0.3 is 0 Å². The fourth-order valence-corrected chi connectivity index (χ4v) is 4.05. The molecule has 1 N–H and O–H groups in total. The number of hydrogen-bond donors (Lipinski definition) is 1. The van der Waals surface area contributed by atoms with Gasteiger partial charge in [-0.2, -0.15) is 0 Å². The summed E-state index contributed by atoms with van der Waals surface area (Å²) in [5.41, 5.74) is 1.99. The van der Waals surface area contributed by atoms with Crippen molar-refractivity contribution in [2.24, 2.45) is 0 Å². The van der Waals surface area contributed by atoms with E-state index in [1.807, 2.05) is 22.7 Å². The van der Waals surface area contributed by atoms with Gasteiger partial charge in [0.25, 0.3) is 5.24 Å². The minimum absolute atomic E-state index is 0.165. The lowest BCUT2D eigenvalue weighted by Crippen LogP contribution is -2.52. The summed E-state index contributed by atoms with van der Waals surface area (Å²) in [7, 11) is 1.67. The number of amides is 1. The van der Waals surface area contributed by atoms with Crippen molar-refractivity contribution >= 4 is 45.7 Å². The summed E-state index contributed by atoms with van der Waals surface area (Å²) in [4.78, 5) is 18.0. The summed E-state index contributed by atoms with van der Waals surface area (Å²) in [6.07, 6.45) is 1.96. The topological polar surface area (TPSA) is 81.4 Å². The van der Waals surface area contributed by atoms with Gasteiger partial charge in [-0.15, -0.1) is 11.8 Å². The molecule has 0 saturated carbocycles. The third-order valence-corrected chi connectivity index (χ3v) is 6.11. The number of anilines is 1. The summed E-state index contributed by atoms with van der Waals surface area (Å²) in [5.74, 6) is 0.675. The lowest BCUT2D eigenvalue weighted by Gasteiger charge is -2.44. The van der Waals surface area contributed by atoms with Crippen LogP contribution in [0, 0.1) is 5.21 Å². The molecule has 2 aromatic rings. The smallest absolute Gasteiger partial charge is 0.298 e. The van der Waals surface area contributed by atoms with Gasteiger partial charge < -0.3 is 19.6 Å². The average Bonchev–Trinajstić information content (AvgIpc) is 2.99. The Bertz CT molecular complexity index is 835. The first-order valence-corrected chi connectivity index (χ1v) is 10.9. The quantitative estimate of drug-likeness (QED) is 0.350. The largest absolute Gasteiger partial charge is 0.633 e. The number of benzene rings is 1. The van der Waals surface area contributed by atoms with Crippen LogP contribution in [0.15, 0.2) is 21.4 Å². The SMILES string of the molecule is CSc1cc2nc(C(C)(C)C)oc2cc1NC(=O)SN1CC[N+](C)([O-])CC1. The summed E-state index contributed by atoms with van der Waals surface area (Å²) < 4.78 is 7.60. The molecule has 0 spiro atoms. The first kappa shape index (κ1) is 20.5. The highest BCUT2D eigenvalue weighted by Crippen LogP contribution is 2.34. The van der Waals surface area contributed by atoms with Crippen molar-refractivity contribution in [3.05, 3.63) is 23.2 Å². The van der Waals surface area contributed by atoms with Crippen molar-refractivity contribution in [2.75, 3.05) is 44.8 Å². The molecule has 0 radical (unpaired) electrons. The van der Waals surface area contributed by atoms with Crippen LogP contribution in [0.2, 0.25) is 0 Å². The molecule has 7 nitrogen and oxygen atoms in total. The van der Waals surface area contributed by atoms with Crippen molar-refractivity contribution in [1.82, 2.24) is 9.29 Å². The molecule has 27 heavy (non-hydrogen) atoms. The second-order valence-electron chi connectivity index (χ2n) is 7.97. The van der Waals surface area contributed by atoms with Crippen molar-refractivity contribution < 1.29 is 13.9 Å². The first-order valence-electron chi connectivity index (χ1n) is 8.86. The number of aromatic nitrogens is 1. The number of quaternary nitrogens is 1. The van der Waals surface area contributed by atoms with E-state index in [2.05, 4.69) is 31.1 Å². The van der Waals surface area contributed by atoms with Crippen LogP contribution in [0.5, 0.6) is 0 Å². The van der Waals surface area contributed by atoms with Gasteiger partial charge in [0.15, 0.2) is 5.58 Å². The second-order valence-corrected chi connectivity index (χ2v) is 9.88. The summed E-state index contributed by atoms with van der Waals surface area (Å²) in [6, 6.07) is 3.78. The lowest BCUT2D eigenvalue weighted by atomic mass is 9.97. The molecule has 0 bridgehead atoms. The number of rotatable bonds is 3. The number of carbonyl (C=O) groups is 1. The molecule has 9 heteroatoms. The van der Waals surface area contributed by atoms with Crippen LogP contribution in [-0.2, 0) is 5.41 Å². The van der Waals surface area contributed by atoms with Crippen LogP contribution in [0.25, 0.3) is 11.1 Å². The monoisotopic (exact) mass is 410 g/mol. The van der Waals surface area contributed by atoms with E-state index in [0.29, 0.717) is 43.3 Å². The van der Waals surface area contributed by atoms with E-state index in [4.69, 9.17) is 4.42 Å². The molecule has 3 rings (SSSR count). The molecule has 1 aromatic heterocycles. The number of carbonyl (C=O) groups excluding carboxylic acids is 1. The number of fused-ring (bicyclic) bond motifs is 1. The predicted molar refractivity (Wildman–Crippen MR) is 112 cm³/mol. The number of nitrogens with zero attached hydrogens (tertiary/aromatic N) is 3. The molecule has 0 atom stereocenters. The molecule has 1 aliphatic heterocycles. The van der Waals surface area contributed by atoms with Crippen LogP contribution in [0.4, 0.5) is 10.5 Å². The highest BCUT2D eigenvalue weighted by Gasteiger charge is 2.25. The van der Waals surface area contributed by atoms with Gasteiger partial charge in [0, 0.05) is 28.3 Å². The fraction of sp³-hybridized carbons (Fsp3) is 0.556. The Morgan fingerprint density at radius 3 is 2.59 bits per heavy atom. The number of hydroxylamine groups is 3. The van der Waals surface area contributed by atoms with E-state index >= 15 is 0 Å². The summed E-state index contributed by atoms with van der Waals surface area (Å²) >= 11 is 2.68.